The van der Waals surface area contributed by atoms with Gasteiger partial charge in [-0.25, -0.2) is 0 Å². The van der Waals surface area contributed by atoms with Crippen LogP contribution in [0.5, 0.6) is 0 Å². The lowest BCUT2D eigenvalue weighted by molar-refractivity contribution is -0.115. The minimum Gasteiger partial charge on any atom is -0.315 e. The van der Waals surface area contributed by atoms with Gasteiger partial charge in [-0.05, 0) is 46.9 Å². The highest BCUT2D eigenvalue weighted by atomic mass is 32.1. The lowest BCUT2D eigenvalue weighted by atomic mass is 10.0. The Morgan fingerprint density at radius 2 is 1.96 bits per heavy atom. The number of nitrogens with zero attached hydrogens (tertiary/aromatic N) is 1. The van der Waals surface area contributed by atoms with Gasteiger partial charge in [0.25, 0.3) is 0 Å². The number of thiophene rings is 2. The number of unbranched alkanes of at least 4 members (excludes halogenated alkanes) is 1. The van der Waals surface area contributed by atoms with Crippen LogP contribution in [0.15, 0.2) is 53.2 Å². The highest BCUT2D eigenvalue weighted by Gasteiger charge is 2.17. The molecule has 0 bridgehead atoms. The van der Waals surface area contributed by atoms with Crippen molar-refractivity contribution in [2.75, 3.05) is 11.9 Å². The average molecular weight is 410 g/mol. The Kier molecular flexibility index (Phi) is 7.38. The van der Waals surface area contributed by atoms with Gasteiger partial charge in [0.05, 0.1) is 18.2 Å². The molecule has 2 N–H and O–H groups in total. The SMILES string of the molecule is CCCCc1ccc([C@H](NCC(=O)Nc2sccc2C#N)c2cccs2)cc1. The molecule has 0 saturated heterocycles. The first-order valence-corrected chi connectivity index (χ1v) is 11.1. The number of benzene rings is 1. The molecule has 0 fully saturated rings. The Morgan fingerprint density at radius 1 is 1.14 bits per heavy atom. The zero-order valence-corrected chi connectivity index (χ0v) is 17.4. The number of nitrogens with one attached hydrogen (secondary N) is 2. The van der Waals surface area contributed by atoms with Crippen LogP contribution in [0.4, 0.5) is 5.00 Å². The van der Waals surface area contributed by atoms with Gasteiger partial charge in [-0.3, -0.25) is 10.1 Å². The van der Waals surface area contributed by atoms with Crippen LogP contribution in [0.1, 0.15) is 47.4 Å². The second kappa shape index (κ2) is 10.2. The maximum atomic E-state index is 12.4. The molecule has 3 rings (SSSR count). The first kappa shape index (κ1) is 20.3. The summed E-state index contributed by atoms with van der Waals surface area (Å²) in [6.45, 7) is 2.37. The molecule has 0 aliphatic rings. The third-order valence-corrected chi connectivity index (χ3v) is 6.23. The quantitative estimate of drug-likeness (QED) is 0.501. The number of hydrogen-bond acceptors (Lipinski definition) is 5. The van der Waals surface area contributed by atoms with E-state index < -0.39 is 0 Å². The van der Waals surface area contributed by atoms with Crippen LogP contribution >= 0.6 is 22.7 Å². The lowest BCUT2D eigenvalue weighted by Crippen LogP contribution is -2.31. The van der Waals surface area contributed by atoms with E-state index in [-0.39, 0.29) is 18.5 Å². The summed E-state index contributed by atoms with van der Waals surface area (Å²) in [4.78, 5) is 13.6. The molecule has 2 heterocycles. The first-order valence-electron chi connectivity index (χ1n) is 9.34. The van der Waals surface area contributed by atoms with Gasteiger partial charge < -0.3 is 5.32 Å². The highest BCUT2D eigenvalue weighted by molar-refractivity contribution is 7.14. The van der Waals surface area contributed by atoms with Gasteiger partial charge >= 0.3 is 0 Å². The molecule has 1 aromatic carbocycles. The summed E-state index contributed by atoms with van der Waals surface area (Å²) in [7, 11) is 0. The van der Waals surface area contributed by atoms with E-state index in [1.807, 2.05) is 11.4 Å². The van der Waals surface area contributed by atoms with E-state index in [0.29, 0.717) is 10.6 Å². The van der Waals surface area contributed by atoms with Crippen LogP contribution in [-0.4, -0.2) is 12.5 Å². The minimum absolute atomic E-state index is 0.0373. The van der Waals surface area contributed by atoms with E-state index in [4.69, 9.17) is 5.26 Å². The maximum Gasteiger partial charge on any atom is 0.238 e. The van der Waals surface area contributed by atoms with Gasteiger partial charge in [-0.2, -0.15) is 5.26 Å². The normalized spacial score (nSPS) is 11.7. The maximum absolute atomic E-state index is 12.4. The zero-order chi connectivity index (χ0) is 19.8. The molecule has 0 spiro atoms. The number of carbonyl (C=O) groups is 1. The summed E-state index contributed by atoms with van der Waals surface area (Å²) in [5, 5.41) is 19.7. The van der Waals surface area contributed by atoms with Gasteiger partial charge in [0, 0.05) is 4.88 Å². The Morgan fingerprint density at radius 3 is 2.64 bits per heavy atom. The number of rotatable bonds is 9. The third kappa shape index (κ3) is 5.29. The molecule has 0 aliphatic carbocycles. The van der Waals surface area contributed by atoms with Crippen molar-refractivity contribution in [3.63, 3.8) is 0 Å². The molecule has 4 nitrogen and oxygen atoms in total. The van der Waals surface area contributed by atoms with Crippen molar-refractivity contribution in [1.82, 2.24) is 5.32 Å². The number of carbonyl (C=O) groups excluding carboxylic acids is 1. The summed E-state index contributed by atoms with van der Waals surface area (Å²) < 4.78 is 0. The molecule has 28 heavy (non-hydrogen) atoms. The van der Waals surface area contributed by atoms with E-state index in [9.17, 15) is 4.79 Å². The van der Waals surface area contributed by atoms with Crippen molar-refractivity contribution in [1.29, 1.82) is 5.26 Å². The van der Waals surface area contributed by atoms with Crippen LogP contribution in [0.25, 0.3) is 0 Å². The fourth-order valence-electron chi connectivity index (χ4n) is 2.96. The summed E-state index contributed by atoms with van der Waals surface area (Å²) >= 11 is 3.03. The first-order chi connectivity index (χ1) is 13.7. The molecule has 0 radical (unpaired) electrons. The number of aryl methyl sites for hydroxylation is 1. The van der Waals surface area contributed by atoms with E-state index in [1.54, 1.807) is 22.8 Å². The van der Waals surface area contributed by atoms with Crippen molar-refractivity contribution >= 4 is 33.6 Å². The molecule has 144 valence electrons. The Labute approximate surface area is 173 Å². The second-order valence-corrected chi connectivity index (χ2v) is 8.39. The van der Waals surface area contributed by atoms with Crippen LogP contribution in [0, 0.1) is 11.3 Å². The lowest BCUT2D eigenvalue weighted by Gasteiger charge is -2.18. The van der Waals surface area contributed by atoms with Gasteiger partial charge in [0.2, 0.25) is 5.91 Å². The second-order valence-electron chi connectivity index (χ2n) is 6.50. The van der Waals surface area contributed by atoms with E-state index in [2.05, 4.69) is 54.0 Å². The average Bonchev–Trinajstić information content (AvgIpc) is 3.39. The third-order valence-electron chi connectivity index (χ3n) is 4.47. The van der Waals surface area contributed by atoms with Gasteiger partial charge in [0.15, 0.2) is 0 Å². The summed E-state index contributed by atoms with van der Waals surface area (Å²) in [5.41, 5.74) is 2.98. The van der Waals surface area contributed by atoms with Crippen molar-refractivity contribution in [2.45, 2.75) is 32.2 Å². The number of amides is 1. The van der Waals surface area contributed by atoms with Crippen LogP contribution in [0.2, 0.25) is 0 Å². The summed E-state index contributed by atoms with van der Waals surface area (Å²) in [5.74, 6) is -0.153. The standard InChI is InChI=1S/C22H23N3OS2/c1-2-3-5-16-7-9-17(10-8-16)21(19-6-4-12-27-19)24-15-20(26)25-22-18(14-23)11-13-28-22/h4,6-13,21,24H,2-3,5,15H2,1H3,(H,25,26)/t21-/m0/s1. The topological polar surface area (TPSA) is 64.9 Å². The van der Waals surface area contributed by atoms with Crippen LogP contribution in [-0.2, 0) is 11.2 Å². The van der Waals surface area contributed by atoms with Gasteiger partial charge in [-0.15, -0.1) is 22.7 Å². The highest BCUT2D eigenvalue weighted by Crippen LogP contribution is 2.27. The van der Waals surface area contributed by atoms with E-state index in [0.717, 1.165) is 12.0 Å². The molecule has 1 amide bonds. The van der Waals surface area contributed by atoms with Crippen molar-refractivity contribution in [3.05, 3.63) is 74.8 Å². The fourth-order valence-corrected chi connectivity index (χ4v) is 4.54. The molecular formula is C22H23N3OS2. The van der Waals surface area contributed by atoms with Gasteiger partial charge in [0.1, 0.15) is 11.1 Å². The zero-order valence-electron chi connectivity index (χ0n) is 15.8. The molecule has 1 atom stereocenters. The number of hydrogen-bond donors (Lipinski definition) is 2. The smallest absolute Gasteiger partial charge is 0.238 e. The molecule has 0 aliphatic heterocycles. The summed E-state index contributed by atoms with van der Waals surface area (Å²) in [6.07, 6.45) is 3.48. The van der Waals surface area contributed by atoms with Crippen LogP contribution < -0.4 is 10.6 Å². The predicted octanol–water partition coefficient (Wildman–Crippen LogP) is 5.34. The van der Waals surface area contributed by atoms with Crippen molar-refractivity contribution < 1.29 is 4.79 Å². The monoisotopic (exact) mass is 409 g/mol. The van der Waals surface area contributed by atoms with Crippen molar-refractivity contribution in [3.8, 4) is 6.07 Å². The molecular weight excluding hydrogens is 386 g/mol. The molecule has 0 saturated carbocycles. The van der Waals surface area contributed by atoms with E-state index in [1.165, 1.54) is 34.6 Å². The van der Waals surface area contributed by atoms with Gasteiger partial charge in [-0.1, -0.05) is 43.7 Å². The fraction of sp³-hybridized carbons (Fsp3) is 0.273. The number of nitriles is 1. The Hall–Kier alpha value is -2.46. The molecule has 6 heteroatoms. The predicted molar refractivity (Wildman–Crippen MR) is 117 cm³/mol. The Balaban J connectivity index is 1.67. The molecule has 0 unspecified atom stereocenters. The van der Waals surface area contributed by atoms with Crippen LogP contribution in [0.3, 0.4) is 0 Å². The number of anilines is 1. The van der Waals surface area contributed by atoms with Crippen molar-refractivity contribution in [2.24, 2.45) is 0 Å². The summed E-state index contributed by atoms with van der Waals surface area (Å²) in [6, 6.07) is 16.5. The minimum atomic E-state index is -0.153. The molecule has 2 aromatic heterocycles. The van der Waals surface area contributed by atoms with E-state index >= 15 is 0 Å². The Bertz CT molecular complexity index is 924. The molecule has 3 aromatic rings. The largest absolute Gasteiger partial charge is 0.315 e.